The maximum atomic E-state index is 12.6. The van der Waals surface area contributed by atoms with Gasteiger partial charge < -0.3 is 30.3 Å². The molecule has 5 aliphatic carbocycles. The summed E-state index contributed by atoms with van der Waals surface area (Å²) in [5.74, 6) is -0.615. The number of epoxide rings is 1. The van der Waals surface area contributed by atoms with Crippen LogP contribution in [-0.2, 0) is 9.53 Å². The van der Waals surface area contributed by atoms with Crippen molar-refractivity contribution in [1.82, 2.24) is 0 Å². The monoisotopic (exact) mass is 574 g/mol. The Balaban J connectivity index is 1.36. The number of aliphatic hydroxyl groups is 4. The molecule has 14 atom stereocenters. The minimum atomic E-state index is -1.36. The van der Waals surface area contributed by atoms with Gasteiger partial charge in [0.2, 0.25) is 0 Å². The third-order valence-corrected chi connectivity index (χ3v) is 14.2. The van der Waals surface area contributed by atoms with Gasteiger partial charge in [-0.15, -0.1) is 0 Å². The molecule has 1 aliphatic heterocycles. The molecule has 6 rings (SSSR count). The average molecular weight is 575 g/mol. The number of rotatable bonds is 6. The molecule has 5 fully saturated rings. The van der Waals surface area contributed by atoms with E-state index in [-0.39, 0.29) is 34.9 Å². The van der Waals surface area contributed by atoms with E-state index < -0.39 is 41.7 Å². The summed E-state index contributed by atoms with van der Waals surface area (Å²) in [5, 5.41) is 53.7. The fourth-order valence-corrected chi connectivity index (χ4v) is 11.7. The molecule has 41 heavy (non-hydrogen) atoms. The smallest absolute Gasteiger partial charge is 0.311 e. The van der Waals surface area contributed by atoms with E-state index in [0.29, 0.717) is 23.7 Å². The summed E-state index contributed by atoms with van der Waals surface area (Å²) < 4.78 is 5.39. The predicted molar refractivity (Wildman–Crippen MR) is 155 cm³/mol. The van der Waals surface area contributed by atoms with Gasteiger partial charge in [0.25, 0.3) is 0 Å². The van der Waals surface area contributed by atoms with Crippen LogP contribution in [0.2, 0.25) is 0 Å². The summed E-state index contributed by atoms with van der Waals surface area (Å²) in [7, 11) is 0. The summed E-state index contributed by atoms with van der Waals surface area (Å²) in [5.41, 5.74) is 1.30. The third kappa shape index (κ3) is 4.42. The number of hydrogen-bond donors (Lipinski definition) is 5. The first-order valence-electron chi connectivity index (χ1n) is 16.4. The highest BCUT2D eigenvalue weighted by Gasteiger charge is 2.65. The molecule has 0 bridgehead atoms. The number of aliphatic carboxylic acids is 1. The normalized spacial score (nSPS) is 50.6. The number of carboxylic acids is 1. The zero-order valence-electron chi connectivity index (χ0n) is 25.8. The van der Waals surface area contributed by atoms with Gasteiger partial charge in [-0.1, -0.05) is 46.3 Å². The van der Waals surface area contributed by atoms with Gasteiger partial charge in [-0.05, 0) is 110 Å². The number of allylic oxidation sites excluding steroid dienone is 2. The number of aliphatic hydroxyl groups excluding tert-OH is 4. The number of hydrogen-bond acceptors (Lipinski definition) is 6. The first kappa shape index (κ1) is 30.1. The van der Waals surface area contributed by atoms with Crippen molar-refractivity contribution in [1.29, 1.82) is 0 Å². The fourth-order valence-electron chi connectivity index (χ4n) is 11.7. The largest absolute Gasteiger partial charge is 0.481 e. The number of ether oxygens (including phenoxy) is 1. The molecule has 0 aromatic heterocycles. The van der Waals surface area contributed by atoms with Crippen molar-refractivity contribution < 1.29 is 35.1 Å². The van der Waals surface area contributed by atoms with E-state index in [1.54, 1.807) is 0 Å². The minimum Gasteiger partial charge on any atom is -0.481 e. The van der Waals surface area contributed by atoms with E-state index in [0.717, 1.165) is 64.2 Å². The zero-order valence-corrected chi connectivity index (χ0v) is 25.8. The number of carboxylic acid groups (broad SMARTS) is 1. The average Bonchev–Trinajstić information content (AvgIpc) is 3.70. The van der Waals surface area contributed by atoms with Crippen LogP contribution >= 0.6 is 0 Å². The predicted octanol–water partition coefficient (Wildman–Crippen LogP) is 4.55. The molecule has 1 heterocycles. The summed E-state index contributed by atoms with van der Waals surface area (Å²) in [6.07, 6.45) is 8.01. The maximum Gasteiger partial charge on any atom is 0.311 e. The van der Waals surface area contributed by atoms with Crippen molar-refractivity contribution in [2.75, 3.05) is 6.61 Å². The Bertz CT molecular complexity index is 1070. The van der Waals surface area contributed by atoms with Crippen LogP contribution in [0.5, 0.6) is 0 Å². The van der Waals surface area contributed by atoms with E-state index >= 15 is 0 Å². The Morgan fingerprint density at radius 2 is 1.71 bits per heavy atom. The molecule has 232 valence electrons. The summed E-state index contributed by atoms with van der Waals surface area (Å²) >= 11 is 0. The molecular formula is C34H54O7. The van der Waals surface area contributed by atoms with Gasteiger partial charge in [0.05, 0.1) is 24.9 Å². The minimum absolute atomic E-state index is 0.0817. The molecule has 0 radical (unpaired) electrons. The lowest BCUT2D eigenvalue weighted by Crippen LogP contribution is -2.62. The van der Waals surface area contributed by atoms with E-state index in [2.05, 4.69) is 40.7 Å². The second-order valence-electron chi connectivity index (χ2n) is 16.5. The summed E-state index contributed by atoms with van der Waals surface area (Å²) in [4.78, 5) is 12.6. The van der Waals surface area contributed by atoms with Crippen LogP contribution in [0.3, 0.4) is 0 Å². The second-order valence-corrected chi connectivity index (χ2v) is 16.5. The standard InChI is InChI=1S/C34H54O7/c1-18-20-8-11-33(5)21-9-13-34(29(38)26(30(39)40)27(37)28-24(17-35)41-28)15-14-31(2,3)16-22(34)19(21)6-7-25(33)32(20,4)12-10-23(18)36/h6,18,20-29,35-38H,7-17H2,1-5H3,(H,39,40)/t18?,20?,21?,22?,23?,24?,25?,26-,27?,28?,29?,32?,33?,34?/m0/s1. The topological polar surface area (TPSA) is 131 Å². The van der Waals surface area contributed by atoms with E-state index in [4.69, 9.17) is 4.74 Å². The fraction of sp³-hybridized carbons (Fsp3) is 0.912. The first-order chi connectivity index (χ1) is 19.2. The highest BCUT2D eigenvalue weighted by Crippen LogP contribution is 2.71. The molecule has 0 aromatic carbocycles. The van der Waals surface area contributed by atoms with E-state index in [9.17, 15) is 30.3 Å². The Kier molecular flexibility index (Phi) is 7.34. The molecule has 13 unspecified atom stereocenters. The van der Waals surface area contributed by atoms with Gasteiger partial charge in [0, 0.05) is 5.41 Å². The molecule has 0 spiro atoms. The molecule has 1 saturated heterocycles. The lowest BCUT2D eigenvalue weighted by atomic mass is 9.38. The lowest BCUT2D eigenvalue weighted by Gasteiger charge is -2.67. The molecule has 6 aliphatic rings. The van der Waals surface area contributed by atoms with Gasteiger partial charge in [0.1, 0.15) is 18.1 Å². The van der Waals surface area contributed by atoms with Crippen molar-refractivity contribution >= 4 is 5.97 Å². The van der Waals surface area contributed by atoms with Crippen LogP contribution in [0.4, 0.5) is 0 Å². The van der Waals surface area contributed by atoms with Crippen LogP contribution in [0.15, 0.2) is 11.6 Å². The third-order valence-electron chi connectivity index (χ3n) is 14.2. The van der Waals surface area contributed by atoms with Crippen LogP contribution in [-0.4, -0.2) is 68.6 Å². The Morgan fingerprint density at radius 3 is 2.37 bits per heavy atom. The maximum absolute atomic E-state index is 12.6. The van der Waals surface area contributed by atoms with Crippen LogP contribution in [0.25, 0.3) is 0 Å². The number of fused-ring (bicyclic) bond motifs is 7. The van der Waals surface area contributed by atoms with Crippen molar-refractivity contribution in [2.45, 2.75) is 129 Å². The Labute approximate surface area is 245 Å². The zero-order chi connectivity index (χ0) is 29.7. The van der Waals surface area contributed by atoms with Gasteiger partial charge >= 0.3 is 5.97 Å². The van der Waals surface area contributed by atoms with E-state index in [1.165, 1.54) is 5.57 Å². The molecule has 5 N–H and O–H groups in total. The van der Waals surface area contributed by atoms with Crippen LogP contribution in [0, 0.1) is 57.2 Å². The molecule has 4 saturated carbocycles. The summed E-state index contributed by atoms with van der Waals surface area (Å²) in [6, 6.07) is 0. The van der Waals surface area contributed by atoms with Crippen LogP contribution < -0.4 is 0 Å². The van der Waals surface area contributed by atoms with Crippen molar-refractivity contribution in [3.63, 3.8) is 0 Å². The quantitative estimate of drug-likeness (QED) is 0.232. The first-order valence-corrected chi connectivity index (χ1v) is 16.4. The molecule has 7 nitrogen and oxygen atoms in total. The van der Waals surface area contributed by atoms with Crippen molar-refractivity contribution in [2.24, 2.45) is 57.2 Å². The Hall–Kier alpha value is -0.990. The van der Waals surface area contributed by atoms with Gasteiger partial charge in [0.15, 0.2) is 0 Å². The number of carbonyl (C=O) groups is 1. The van der Waals surface area contributed by atoms with Gasteiger partial charge in [-0.2, -0.15) is 0 Å². The van der Waals surface area contributed by atoms with Crippen LogP contribution in [0.1, 0.15) is 98.8 Å². The second kappa shape index (κ2) is 10.0. The highest BCUT2D eigenvalue weighted by atomic mass is 16.6. The molecular weight excluding hydrogens is 520 g/mol. The lowest BCUT2D eigenvalue weighted by molar-refractivity contribution is -0.181. The van der Waals surface area contributed by atoms with Crippen molar-refractivity contribution in [3.8, 4) is 0 Å². The SMILES string of the molecule is CC1C(O)CCC2(C)C1CCC1(C)C3CCC4(C(O)[C@@H](C(=O)O)C(O)C5OC5CO)CCC(C)(C)CC4C3=CCC12. The van der Waals surface area contributed by atoms with Crippen molar-refractivity contribution in [3.05, 3.63) is 11.6 Å². The molecule has 7 heteroatoms. The summed E-state index contributed by atoms with van der Waals surface area (Å²) in [6.45, 7) is 11.6. The van der Waals surface area contributed by atoms with Gasteiger partial charge in [-0.3, -0.25) is 4.79 Å². The molecule has 0 amide bonds. The highest BCUT2D eigenvalue weighted by molar-refractivity contribution is 5.72. The van der Waals surface area contributed by atoms with E-state index in [1.807, 2.05) is 0 Å². The van der Waals surface area contributed by atoms with Gasteiger partial charge in [-0.25, -0.2) is 0 Å². The Morgan fingerprint density at radius 1 is 1.00 bits per heavy atom. The molecule has 0 aromatic rings.